The molecule has 4 aromatic heterocycles. The van der Waals surface area contributed by atoms with Gasteiger partial charge >= 0.3 is 0 Å². The smallest absolute Gasteiger partial charge is 0.234 e. The molecule has 0 saturated heterocycles. The number of ether oxygens (including phenoxy) is 4. The van der Waals surface area contributed by atoms with E-state index >= 15 is 0 Å². The van der Waals surface area contributed by atoms with E-state index in [2.05, 4.69) is 109 Å². The van der Waals surface area contributed by atoms with Crippen LogP contribution in [0.5, 0.6) is 0 Å². The molecule has 78 heavy (non-hydrogen) atoms. The second-order valence-corrected chi connectivity index (χ2v) is 20.6. The molecule has 30 heteroatoms. The first-order valence-corrected chi connectivity index (χ1v) is 27.1. The van der Waals surface area contributed by atoms with E-state index in [9.17, 15) is 0 Å². The molecule has 0 spiro atoms. The van der Waals surface area contributed by atoms with Crippen LogP contribution in [0, 0.1) is 0 Å². The molecule has 2 unspecified atom stereocenters. The number of anilines is 8. The average molecular weight is 1190 g/mol. The SMILES string of the molecule is CC1=C2Nc3ncc(Cl)c(n3)NC(C)CCOC2=NC1.CC1=C2Nc3ncc(Cl)c(n3)NCCCOC2=NC1.CC1CCOC2=NCC(Cl)=C2Nc2ncc(Cl)c(n2)N1.ClC1=C2Nc3ncc(Cl)c(n3)NCCCOC2=NC1. The highest BCUT2D eigenvalue weighted by Crippen LogP contribution is 2.29. The number of fused-ring (bicyclic) bond motifs is 12. The third-order valence-electron chi connectivity index (χ3n) is 11.9. The van der Waals surface area contributed by atoms with Crippen LogP contribution in [0.3, 0.4) is 0 Å². The fourth-order valence-corrected chi connectivity index (χ4v) is 8.69. The molecule has 8 aliphatic heterocycles. The summed E-state index contributed by atoms with van der Waals surface area (Å²) >= 11 is 36.5. The van der Waals surface area contributed by atoms with E-state index in [0.717, 1.165) is 54.8 Å². The van der Waals surface area contributed by atoms with Crippen LogP contribution in [0.1, 0.15) is 53.4 Å². The Kier molecular flexibility index (Phi) is 18.9. The van der Waals surface area contributed by atoms with Gasteiger partial charge in [-0.15, -0.1) is 0 Å². The van der Waals surface area contributed by atoms with Crippen LogP contribution in [0.15, 0.2) is 88.8 Å². The Morgan fingerprint density at radius 2 is 0.744 bits per heavy atom. The van der Waals surface area contributed by atoms with Crippen LogP contribution in [0.25, 0.3) is 0 Å². The first-order chi connectivity index (χ1) is 37.7. The molecule has 0 aliphatic carbocycles. The van der Waals surface area contributed by atoms with Crippen LogP contribution in [0.4, 0.5) is 47.1 Å². The van der Waals surface area contributed by atoms with E-state index < -0.39 is 0 Å². The molecule has 412 valence electrons. The van der Waals surface area contributed by atoms with Crippen molar-refractivity contribution < 1.29 is 18.9 Å². The van der Waals surface area contributed by atoms with E-state index in [1.807, 2.05) is 20.8 Å². The summed E-state index contributed by atoms with van der Waals surface area (Å²) in [5, 5.41) is 28.3. The third-order valence-corrected chi connectivity index (χ3v) is 13.6. The minimum Gasteiger partial charge on any atom is -0.476 e. The molecule has 8 N–H and O–H groups in total. The number of hydrogen-bond acceptors (Lipinski definition) is 24. The number of nitrogens with zero attached hydrogens (tertiary/aromatic N) is 12. The Morgan fingerprint density at radius 3 is 1.14 bits per heavy atom. The van der Waals surface area contributed by atoms with E-state index in [1.165, 1.54) is 6.20 Å². The lowest BCUT2D eigenvalue weighted by Gasteiger charge is -2.14. The molecule has 8 bridgehead atoms. The van der Waals surface area contributed by atoms with E-state index in [0.29, 0.717) is 171 Å². The van der Waals surface area contributed by atoms with Crippen molar-refractivity contribution in [3.8, 4) is 0 Å². The quantitative estimate of drug-likeness (QED) is 0.0813. The molecule has 24 nitrogen and oxygen atoms in total. The van der Waals surface area contributed by atoms with E-state index in [-0.39, 0.29) is 12.1 Å². The van der Waals surface area contributed by atoms with Gasteiger partial charge in [-0.3, -0.25) is 0 Å². The largest absolute Gasteiger partial charge is 0.476 e. The number of hydrogen-bond donors (Lipinski definition) is 8. The van der Waals surface area contributed by atoms with Gasteiger partial charge in [0.2, 0.25) is 47.4 Å². The molecule has 0 fully saturated rings. The summed E-state index contributed by atoms with van der Waals surface area (Å²) in [6.07, 6.45) is 9.54. The zero-order valence-electron chi connectivity index (χ0n) is 42.6. The fraction of sp³-hybridized carbons (Fsp3) is 0.417. The molecular weight excluding hydrogens is 1130 g/mol. The monoisotopic (exact) mass is 1180 g/mol. The van der Waals surface area contributed by atoms with Gasteiger partial charge in [0.25, 0.3) is 0 Å². The molecule has 0 radical (unpaired) electrons. The van der Waals surface area contributed by atoms with Crippen LogP contribution in [-0.2, 0) is 18.9 Å². The lowest BCUT2D eigenvalue weighted by molar-refractivity contribution is 0.292. The highest BCUT2D eigenvalue weighted by atomic mass is 35.5. The second kappa shape index (κ2) is 26.3. The Bertz CT molecular complexity index is 2960. The lowest BCUT2D eigenvalue weighted by Crippen LogP contribution is -2.19. The Morgan fingerprint density at radius 1 is 0.423 bits per heavy atom. The zero-order chi connectivity index (χ0) is 54.7. The summed E-state index contributed by atoms with van der Waals surface area (Å²) in [4.78, 5) is 51.2. The van der Waals surface area contributed by atoms with Crippen molar-refractivity contribution in [3.05, 3.63) is 88.9 Å². The average Bonchev–Trinajstić information content (AvgIpc) is 4.21. The van der Waals surface area contributed by atoms with Crippen molar-refractivity contribution >= 4 is 140 Å². The van der Waals surface area contributed by atoms with Gasteiger partial charge in [-0.05, 0) is 51.7 Å². The molecular formula is C48H54Cl6N20O4. The molecule has 12 rings (SSSR count). The van der Waals surface area contributed by atoms with E-state index in [1.54, 1.807) is 18.6 Å². The lowest BCUT2D eigenvalue weighted by atomic mass is 10.2. The first-order valence-electron chi connectivity index (χ1n) is 24.8. The number of aliphatic imine (C=N–C) groups is 4. The second-order valence-electron chi connectivity index (χ2n) is 18.0. The van der Waals surface area contributed by atoms with Gasteiger partial charge in [0.1, 0.15) is 42.9 Å². The maximum Gasteiger partial charge on any atom is 0.234 e. The van der Waals surface area contributed by atoms with Crippen molar-refractivity contribution in [2.75, 3.05) is 108 Å². The summed E-state index contributed by atoms with van der Waals surface area (Å²) < 4.78 is 22.7. The van der Waals surface area contributed by atoms with Gasteiger partial charge in [-0.1, -0.05) is 69.6 Å². The van der Waals surface area contributed by atoms with Gasteiger partial charge in [0.15, 0.2) is 23.3 Å². The van der Waals surface area contributed by atoms with Crippen LogP contribution >= 0.6 is 69.6 Å². The van der Waals surface area contributed by atoms with Crippen molar-refractivity contribution in [2.45, 2.75) is 65.5 Å². The molecule has 2 atom stereocenters. The van der Waals surface area contributed by atoms with Crippen molar-refractivity contribution in [3.63, 3.8) is 0 Å². The topological polar surface area (TPSA) is 286 Å². The predicted octanol–water partition coefficient (Wildman–Crippen LogP) is 9.37. The minimum atomic E-state index is 0.165. The van der Waals surface area contributed by atoms with Crippen molar-refractivity contribution in [1.29, 1.82) is 0 Å². The molecule has 0 aromatic carbocycles. The summed E-state index contributed by atoms with van der Waals surface area (Å²) in [5.74, 6) is 6.51. The normalized spacial score (nSPS) is 20.3. The summed E-state index contributed by atoms with van der Waals surface area (Å²) in [6.45, 7) is 13.9. The van der Waals surface area contributed by atoms with Gasteiger partial charge in [0.05, 0.1) is 87.5 Å². The molecule has 12 heterocycles. The summed E-state index contributed by atoms with van der Waals surface area (Å²) in [7, 11) is 0. The maximum absolute atomic E-state index is 6.14. The summed E-state index contributed by atoms with van der Waals surface area (Å²) in [6, 6.07) is 0.363. The van der Waals surface area contributed by atoms with Crippen LogP contribution in [-0.4, -0.2) is 141 Å². The third kappa shape index (κ3) is 14.5. The Hall–Kier alpha value is -6.70. The highest BCUT2D eigenvalue weighted by Gasteiger charge is 2.26. The Labute approximate surface area is 479 Å². The zero-order valence-corrected chi connectivity index (χ0v) is 47.2. The van der Waals surface area contributed by atoms with Gasteiger partial charge in [-0.2, -0.15) is 19.9 Å². The van der Waals surface area contributed by atoms with Gasteiger partial charge in [0, 0.05) is 38.0 Å². The van der Waals surface area contributed by atoms with Gasteiger partial charge < -0.3 is 61.5 Å². The molecule has 4 aromatic rings. The maximum atomic E-state index is 6.14. The number of nitrogens with one attached hydrogen (secondary N) is 8. The van der Waals surface area contributed by atoms with Crippen LogP contribution in [0.2, 0.25) is 20.1 Å². The molecule has 8 aliphatic rings. The molecule has 0 amide bonds. The number of aromatic nitrogens is 8. The standard InChI is InChI=1S/C13H16ClN5O.C12H13Cl2N5O.C12H14ClN5O.C11H11Cl2N5O/c1-7-5-15-12-10(7)18-13-16-6-9(14)11(19-13)17-8(2)3-4-20-12;1-6-2-3-20-11-9(7(13)4-15-11)18-12-16-5-8(14)10(17-6)19-12;1-7-5-15-11-9(7)17-12-16-6-8(13)10(18-12)14-3-2-4-19-11;12-6-4-15-10-8(6)17-11-16-5-7(13)9(18-11)14-2-1-3-19-10/h6,8H,3-5H2,1-2H3,(H2,16,17,18,19);5-6H,2-4H2,1H3,(H2,16,17,18,19);6H,2-5H2,1H3,(H2,14,16,17,18);5H,1-4H2,(H2,14,16,17,18). The van der Waals surface area contributed by atoms with Crippen LogP contribution < -0.4 is 42.5 Å². The Balaban J connectivity index is 0.000000126. The predicted molar refractivity (Wildman–Crippen MR) is 308 cm³/mol. The van der Waals surface area contributed by atoms with Crippen molar-refractivity contribution in [2.24, 2.45) is 20.0 Å². The first kappa shape index (κ1) is 56.0. The number of rotatable bonds is 0. The number of halogens is 6. The van der Waals surface area contributed by atoms with E-state index in [4.69, 9.17) is 88.6 Å². The summed E-state index contributed by atoms with van der Waals surface area (Å²) in [5.41, 5.74) is 5.18. The highest BCUT2D eigenvalue weighted by molar-refractivity contribution is 6.35. The van der Waals surface area contributed by atoms with Crippen molar-refractivity contribution in [1.82, 2.24) is 39.9 Å². The fourth-order valence-electron chi connectivity index (χ4n) is 7.71. The molecule has 0 saturated carbocycles. The minimum absolute atomic E-state index is 0.165. The van der Waals surface area contributed by atoms with Gasteiger partial charge in [-0.25, -0.2) is 39.9 Å².